The van der Waals surface area contributed by atoms with E-state index in [4.69, 9.17) is 10.5 Å². The maximum atomic E-state index is 5.62. The fraction of sp³-hybridized carbons (Fsp3) is 0.250. The summed E-state index contributed by atoms with van der Waals surface area (Å²) in [6, 6.07) is 7.93. The third-order valence-electron chi connectivity index (χ3n) is 2.28. The molecule has 1 unspecified atom stereocenters. The van der Waals surface area contributed by atoms with Gasteiger partial charge in [0.05, 0.1) is 0 Å². The lowest BCUT2D eigenvalue weighted by Crippen LogP contribution is -2.22. The fourth-order valence-electron chi connectivity index (χ4n) is 1.42. The van der Waals surface area contributed by atoms with Crippen molar-refractivity contribution < 1.29 is 4.74 Å². The van der Waals surface area contributed by atoms with Gasteiger partial charge in [-0.05, 0) is 30.5 Å². The van der Waals surface area contributed by atoms with Crippen LogP contribution in [0.5, 0.6) is 5.75 Å². The van der Waals surface area contributed by atoms with Gasteiger partial charge in [-0.3, -0.25) is 4.98 Å². The van der Waals surface area contributed by atoms with E-state index < -0.39 is 0 Å². The molecule has 0 saturated heterocycles. The van der Waals surface area contributed by atoms with Crippen LogP contribution < -0.4 is 10.5 Å². The predicted molar refractivity (Wildman–Crippen MR) is 60.9 cm³/mol. The summed E-state index contributed by atoms with van der Waals surface area (Å²) in [5.74, 6) is 0.841. The molecule has 0 spiro atoms. The number of pyridine rings is 1. The van der Waals surface area contributed by atoms with Crippen LogP contribution >= 0.6 is 0 Å². The first-order valence-corrected chi connectivity index (χ1v) is 5.00. The Labute approximate surface area is 88.9 Å². The Balaban J connectivity index is 2.30. The molecular weight excluding hydrogens is 188 g/mol. The number of rotatable bonds is 3. The summed E-state index contributed by atoms with van der Waals surface area (Å²) in [5.41, 5.74) is 5.50. The van der Waals surface area contributed by atoms with Gasteiger partial charge in [0.2, 0.25) is 0 Å². The van der Waals surface area contributed by atoms with E-state index in [-0.39, 0.29) is 6.10 Å². The molecule has 15 heavy (non-hydrogen) atoms. The Hall–Kier alpha value is -1.61. The monoisotopic (exact) mass is 202 g/mol. The average Bonchev–Trinajstić information content (AvgIpc) is 2.29. The van der Waals surface area contributed by atoms with Crippen molar-refractivity contribution in [2.24, 2.45) is 5.73 Å². The van der Waals surface area contributed by atoms with Crippen molar-refractivity contribution in [3.63, 3.8) is 0 Å². The summed E-state index contributed by atoms with van der Waals surface area (Å²) >= 11 is 0. The van der Waals surface area contributed by atoms with Gasteiger partial charge in [-0.1, -0.05) is 6.07 Å². The van der Waals surface area contributed by atoms with Gasteiger partial charge in [-0.15, -0.1) is 0 Å². The van der Waals surface area contributed by atoms with Gasteiger partial charge < -0.3 is 10.5 Å². The van der Waals surface area contributed by atoms with Crippen molar-refractivity contribution in [1.82, 2.24) is 4.98 Å². The summed E-state index contributed by atoms with van der Waals surface area (Å²) in [4.78, 5) is 4.07. The SMILES string of the molecule is CC(CN)Oc1ccc2ccncc2c1. The third kappa shape index (κ3) is 2.25. The molecule has 1 atom stereocenters. The Bertz CT molecular complexity index is 456. The molecule has 1 aromatic carbocycles. The Morgan fingerprint density at radius 3 is 3.00 bits per heavy atom. The van der Waals surface area contributed by atoms with Crippen LogP contribution in [0.3, 0.4) is 0 Å². The summed E-state index contributed by atoms with van der Waals surface area (Å²) in [6.07, 6.45) is 3.65. The number of fused-ring (bicyclic) bond motifs is 1. The number of nitrogens with two attached hydrogens (primary N) is 1. The van der Waals surface area contributed by atoms with E-state index in [2.05, 4.69) is 4.98 Å². The molecule has 0 amide bonds. The molecule has 1 aromatic heterocycles. The zero-order valence-corrected chi connectivity index (χ0v) is 8.68. The lowest BCUT2D eigenvalue weighted by Gasteiger charge is -2.12. The number of ether oxygens (including phenoxy) is 1. The van der Waals surface area contributed by atoms with Crippen LogP contribution in [0.15, 0.2) is 36.7 Å². The molecule has 2 rings (SSSR count). The summed E-state index contributed by atoms with van der Waals surface area (Å²) < 4.78 is 5.62. The number of nitrogens with zero attached hydrogens (tertiary/aromatic N) is 1. The van der Waals surface area contributed by atoms with Gasteiger partial charge in [0.1, 0.15) is 11.9 Å². The second-order valence-electron chi connectivity index (χ2n) is 3.55. The molecule has 0 radical (unpaired) electrons. The Morgan fingerprint density at radius 2 is 2.20 bits per heavy atom. The summed E-state index contributed by atoms with van der Waals surface area (Å²) in [5, 5.41) is 2.25. The largest absolute Gasteiger partial charge is 0.489 e. The van der Waals surface area contributed by atoms with Gasteiger partial charge in [0.25, 0.3) is 0 Å². The fourth-order valence-corrected chi connectivity index (χ4v) is 1.42. The molecule has 0 aliphatic rings. The van der Waals surface area contributed by atoms with Gasteiger partial charge in [0, 0.05) is 24.3 Å². The van der Waals surface area contributed by atoms with Crippen molar-refractivity contribution in [2.45, 2.75) is 13.0 Å². The van der Waals surface area contributed by atoms with Crippen LogP contribution in [0.2, 0.25) is 0 Å². The van der Waals surface area contributed by atoms with Gasteiger partial charge in [-0.25, -0.2) is 0 Å². The third-order valence-corrected chi connectivity index (χ3v) is 2.28. The Morgan fingerprint density at radius 1 is 1.33 bits per heavy atom. The second-order valence-corrected chi connectivity index (χ2v) is 3.55. The lowest BCUT2D eigenvalue weighted by atomic mass is 10.2. The highest BCUT2D eigenvalue weighted by molar-refractivity contribution is 5.82. The van der Waals surface area contributed by atoms with Crippen LogP contribution in [-0.4, -0.2) is 17.6 Å². The molecule has 0 bridgehead atoms. The van der Waals surface area contributed by atoms with E-state index in [1.807, 2.05) is 37.4 Å². The van der Waals surface area contributed by atoms with E-state index in [0.717, 1.165) is 16.5 Å². The minimum atomic E-state index is 0.0409. The molecule has 2 N–H and O–H groups in total. The standard InChI is InChI=1S/C12H14N2O/c1-9(7-13)15-12-3-2-10-4-5-14-8-11(10)6-12/h2-6,8-9H,7,13H2,1H3. The van der Waals surface area contributed by atoms with Crippen molar-refractivity contribution in [3.05, 3.63) is 36.7 Å². The molecule has 0 aliphatic carbocycles. The first-order valence-electron chi connectivity index (χ1n) is 5.00. The summed E-state index contributed by atoms with van der Waals surface area (Å²) in [6.45, 7) is 2.47. The lowest BCUT2D eigenvalue weighted by molar-refractivity contribution is 0.230. The van der Waals surface area contributed by atoms with Crippen LogP contribution in [0.25, 0.3) is 10.8 Å². The van der Waals surface area contributed by atoms with Gasteiger partial charge in [0.15, 0.2) is 0 Å². The average molecular weight is 202 g/mol. The summed E-state index contributed by atoms with van der Waals surface area (Å²) in [7, 11) is 0. The number of aromatic nitrogens is 1. The number of hydrogen-bond acceptors (Lipinski definition) is 3. The van der Waals surface area contributed by atoms with Crippen LogP contribution in [0.4, 0.5) is 0 Å². The number of hydrogen-bond donors (Lipinski definition) is 1. The normalized spacial score (nSPS) is 12.7. The van der Waals surface area contributed by atoms with Crippen LogP contribution in [0.1, 0.15) is 6.92 Å². The van der Waals surface area contributed by atoms with Crippen molar-refractivity contribution in [3.8, 4) is 5.75 Å². The highest BCUT2D eigenvalue weighted by Gasteiger charge is 2.01. The zero-order chi connectivity index (χ0) is 10.7. The quantitative estimate of drug-likeness (QED) is 0.827. The molecular formula is C12H14N2O. The molecule has 2 aromatic rings. The van der Waals surface area contributed by atoms with Gasteiger partial charge >= 0.3 is 0 Å². The van der Waals surface area contributed by atoms with Crippen molar-refractivity contribution >= 4 is 10.8 Å². The van der Waals surface area contributed by atoms with Crippen molar-refractivity contribution in [1.29, 1.82) is 0 Å². The topological polar surface area (TPSA) is 48.1 Å². The molecule has 1 heterocycles. The first-order chi connectivity index (χ1) is 7.29. The van der Waals surface area contributed by atoms with E-state index in [9.17, 15) is 0 Å². The minimum Gasteiger partial charge on any atom is -0.489 e. The number of benzene rings is 1. The minimum absolute atomic E-state index is 0.0409. The van der Waals surface area contributed by atoms with E-state index in [0.29, 0.717) is 6.54 Å². The van der Waals surface area contributed by atoms with Crippen LogP contribution in [-0.2, 0) is 0 Å². The van der Waals surface area contributed by atoms with Crippen molar-refractivity contribution in [2.75, 3.05) is 6.54 Å². The maximum absolute atomic E-state index is 5.62. The molecule has 3 nitrogen and oxygen atoms in total. The van der Waals surface area contributed by atoms with E-state index >= 15 is 0 Å². The second kappa shape index (κ2) is 4.28. The highest BCUT2D eigenvalue weighted by Crippen LogP contribution is 2.20. The Kier molecular flexibility index (Phi) is 2.83. The molecule has 0 aliphatic heterocycles. The molecule has 0 fully saturated rings. The highest BCUT2D eigenvalue weighted by atomic mass is 16.5. The smallest absolute Gasteiger partial charge is 0.120 e. The van der Waals surface area contributed by atoms with Crippen LogP contribution in [0, 0.1) is 0 Å². The first kappa shape index (κ1) is 9.93. The van der Waals surface area contributed by atoms with Gasteiger partial charge in [-0.2, -0.15) is 0 Å². The maximum Gasteiger partial charge on any atom is 0.120 e. The molecule has 0 saturated carbocycles. The molecule has 78 valence electrons. The molecule has 3 heteroatoms. The zero-order valence-electron chi connectivity index (χ0n) is 8.68. The van der Waals surface area contributed by atoms with E-state index in [1.54, 1.807) is 6.20 Å². The predicted octanol–water partition coefficient (Wildman–Crippen LogP) is 1.96. The van der Waals surface area contributed by atoms with E-state index in [1.165, 1.54) is 0 Å².